The summed E-state index contributed by atoms with van der Waals surface area (Å²) < 4.78 is 0. The Balaban J connectivity index is 2.27. The minimum Gasteiger partial charge on any atom is -0.480 e. The first-order valence-electron chi connectivity index (χ1n) is 8.77. The van der Waals surface area contributed by atoms with E-state index in [0.717, 1.165) is 0 Å². The van der Waals surface area contributed by atoms with Gasteiger partial charge in [-0.2, -0.15) is 11.8 Å². The lowest BCUT2D eigenvalue weighted by Gasteiger charge is -2.16. The standard InChI is InChI=1S/C21H21ClN2O4S/c1-29-12-11-17(21(27)28)23-20(26)18(13-14-7-9-16(22)10-8-14)24-19(25)15-5-3-2-4-6-15/h2-10,13,17H,11-12H2,1H3,(H,23,26)(H,24,25)(H,27,28)/b18-13+. The first kappa shape index (κ1) is 22.5. The Morgan fingerprint density at radius 1 is 1.10 bits per heavy atom. The summed E-state index contributed by atoms with van der Waals surface area (Å²) in [5.74, 6) is -1.72. The number of halogens is 1. The SMILES string of the molecule is CSCCC(NC(=O)/C(=C\c1ccc(Cl)cc1)NC(=O)c1ccccc1)C(=O)O. The van der Waals surface area contributed by atoms with Crippen LogP contribution in [0.2, 0.25) is 5.02 Å². The molecule has 1 unspecified atom stereocenters. The molecule has 1 atom stereocenters. The zero-order valence-electron chi connectivity index (χ0n) is 15.7. The third-order valence-corrected chi connectivity index (χ3v) is 4.82. The van der Waals surface area contributed by atoms with Crippen LogP contribution in [-0.2, 0) is 9.59 Å². The molecule has 0 bridgehead atoms. The molecule has 6 nitrogen and oxygen atoms in total. The summed E-state index contributed by atoms with van der Waals surface area (Å²) in [7, 11) is 0. The molecule has 0 aliphatic carbocycles. The fourth-order valence-corrected chi connectivity index (χ4v) is 2.99. The molecule has 2 amide bonds. The molecular weight excluding hydrogens is 412 g/mol. The summed E-state index contributed by atoms with van der Waals surface area (Å²) in [6.07, 6.45) is 3.59. The Morgan fingerprint density at radius 3 is 2.34 bits per heavy atom. The molecule has 0 heterocycles. The van der Waals surface area contributed by atoms with Gasteiger partial charge in [0.15, 0.2) is 0 Å². The van der Waals surface area contributed by atoms with E-state index in [1.807, 2.05) is 6.26 Å². The van der Waals surface area contributed by atoms with Crippen molar-refractivity contribution in [2.24, 2.45) is 0 Å². The number of amides is 2. The van der Waals surface area contributed by atoms with E-state index >= 15 is 0 Å². The lowest BCUT2D eigenvalue weighted by Crippen LogP contribution is -2.44. The largest absolute Gasteiger partial charge is 0.480 e. The van der Waals surface area contributed by atoms with Gasteiger partial charge in [-0.25, -0.2) is 4.79 Å². The number of carboxylic acid groups (broad SMARTS) is 1. The summed E-state index contributed by atoms with van der Waals surface area (Å²) in [4.78, 5) is 36.7. The number of aliphatic carboxylic acids is 1. The Morgan fingerprint density at radius 2 is 1.76 bits per heavy atom. The summed E-state index contributed by atoms with van der Waals surface area (Å²) in [6.45, 7) is 0. The first-order valence-corrected chi connectivity index (χ1v) is 10.5. The predicted molar refractivity (Wildman–Crippen MR) is 116 cm³/mol. The van der Waals surface area contributed by atoms with Crippen LogP contribution in [-0.4, -0.2) is 40.9 Å². The Kier molecular flexibility index (Phi) is 8.76. The maximum absolute atomic E-state index is 12.8. The van der Waals surface area contributed by atoms with Gasteiger partial charge in [-0.05, 0) is 54.3 Å². The van der Waals surface area contributed by atoms with Crippen molar-refractivity contribution in [2.45, 2.75) is 12.5 Å². The second-order valence-corrected chi connectivity index (χ2v) is 7.50. The summed E-state index contributed by atoms with van der Waals surface area (Å²) in [5.41, 5.74) is 0.944. The highest BCUT2D eigenvalue weighted by Crippen LogP contribution is 2.13. The van der Waals surface area contributed by atoms with Crippen LogP contribution in [0.4, 0.5) is 0 Å². The van der Waals surface area contributed by atoms with E-state index in [4.69, 9.17) is 11.6 Å². The van der Waals surface area contributed by atoms with E-state index in [1.54, 1.807) is 54.6 Å². The molecule has 0 aromatic heterocycles. The normalized spacial score (nSPS) is 12.1. The van der Waals surface area contributed by atoms with Crippen molar-refractivity contribution in [3.05, 3.63) is 76.4 Å². The molecular formula is C21H21ClN2O4S. The zero-order valence-corrected chi connectivity index (χ0v) is 17.3. The van der Waals surface area contributed by atoms with E-state index in [0.29, 0.717) is 21.9 Å². The molecule has 0 saturated heterocycles. The number of rotatable bonds is 9. The molecule has 0 radical (unpaired) electrons. The average molecular weight is 433 g/mol. The maximum Gasteiger partial charge on any atom is 0.326 e. The lowest BCUT2D eigenvalue weighted by molar-refractivity contribution is -0.141. The highest BCUT2D eigenvalue weighted by Gasteiger charge is 2.22. The number of carbonyl (C=O) groups excluding carboxylic acids is 2. The molecule has 2 rings (SSSR count). The third kappa shape index (κ3) is 7.29. The molecule has 152 valence electrons. The molecule has 0 saturated carbocycles. The van der Waals surface area contributed by atoms with Gasteiger partial charge in [-0.15, -0.1) is 0 Å². The molecule has 8 heteroatoms. The van der Waals surface area contributed by atoms with Gasteiger partial charge in [0, 0.05) is 10.6 Å². The van der Waals surface area contributed by atoms with E-state index in [2.05, 4.69) is 10.6 Å². The Hall–Kier alpha value is -2.77. The van der Waals surface area contributed by atoms with Crippen LogP contribution in [0.15, 0.2) is 60.3 Å². The van der Waals surface area contributed by atoms with Crippen molar-refractivity contribution in [3.63, 3.8) is 0 Å². The topological polar surface area (TPSA) is 95.5 Å². The monoisotopic (exact) mass is 432 g/mol. The van der Waals surface area contributed by atoms with Crippen LogP contribution in [0, 0.1) is 0 Å². The molecule has 2 aromatic carbocycles. The second-order valence-electron chi connectivity index (χ2n) is 6.08. The summed E-state index contributed by atoms with van der Waals surface area (Å²) >= 11 is 7.37. The molecule has 0 fully saturated rings. The van der Waals surface area contributed by atoms with Crippen LogP contribution in [0.1, 0.15) is 22.3 Å². The number of thioether (sulfide) groups is 1. The number of nitrogens with one attached hydrogen (secondary N) is 2. The van der Waals surface area contributed by atoms with E-state index in [1.165, 1.54) is 17.8 Å². The van der Waals surface area contributed by atoms with Gasteiger partial charge < -0.3 is 15.7 Å². The number of hydrogen-bond acceptors (Lipinski definition) is 4. The van der Waals surface area contributed by atoms with Crippen molar-refractivity contribution in [1.82, 2.24) is 10.6 Å². The highest BCUT2D eigenvalue weighted by molar-refractivity contribution is 7.98. The molecule has 0 spiro atoms. The first-order chi connectivity index (χ1) is 13.9. The van der Waals surface area contributed by atoms with Crippen LogP contribution in [0.25, 0.3) is 6.08 Å². The van der Waals surface area contributed by atoms with Gasteiger partial charge in [0.1, 0.15) is 11.7 Å². The number of hydrogen-bond donors (Lipinski definition) is 3. The quantitative estimate of drug-likeness (QED) is 0.527. The van der Waals surface area contributed by atoms with Gasteiger partial charge >= 0.3 is 5.97 Å². The van der Waals surface area contributed by atoms with Crippen molar-refractivity contribution < 1.29 is 19.5 Å². The Bertz CT molecular complexity index is 885. The van der Waals surface area contributed by atoms with E-state index in [-0.39, 0.29) is 12.1 Å². The minimum absolute atomic E-state index is 0.0587. The van der Waals surface area contributed by atoms with Gasteiger partial charge in [0.2, 0.25) is 0 Å². The predicted octanol–water partition coefficient (Wildman–Crippen LogP) is 3.43. The van der Waals surface area contributed by atoms with Crippen LogP contribution in [0.5, 0.6) is 0 Å². The molecule has 3 N–H and O–H groups in total. The van der Waals surface area contributed by atoms with Crippen molar-refractivity contribution in [3.8, 4) is 0 Å². The molecule has 0 aliphatic heterocycles. The smallest absolute Gasteiger partial charge is 0.326 e. The van der Waals surface area contributed by atoms with Crippen molar-refractivity contribution in [1.29, 1.82) is 0 Å². The number of carboxylic acids is 1. The van der Waals surface area contributed by atoms with Crippen LogP contribution < -0.4 is 10.6 Å². The third-order valence-electron chi connectivity index (χ3n) is 3.92. The summed E-state index contributed by atoms with van der Waals surface area (Å²) in [5, 5.41) is 15.0. The van der Waals surface area contributed by atoms with Crippen LogP contribution in [0.3, 0.4) is 0 Å². The number of carbonyl (C=O) groups is 3. The van der Waals surface area contributed by atoms with Crippen molar-refractivity contribution >= 4 is 47.2 Å². The Labute approximate surface area is 178 Å². The lowest BCUT2D eigenvalue weighted by atomic mass is 10.1. The summed E-state index contributed by atoms with van der Waals surface area (Å²) in [6, 6.07) is 14.0. The van der Waals surface area contributed by atoms with Gasteiger partial charge in [-0.3, -0.25) is 9.59 Å². The average Bonchev–Trinajstić information content (AvgIpc) is 2.72. The van der Waals surface area contributed by atoms with Gasteiger partial charge in [0.05, 0.1) is 0 Å². The zero-order chi connectivity index (χ0) is 21.2. The fourth-order valence-electron chi connectivity index (χ4n) is 2.40. The van der Waals surface area contributed by atoms with E-state index in [9.17, 15) is 19.5 Å². The fraction of sp³-hybridized carbons (Fsp3) is 0.190. The van der Waals surface area contributed by atoms with Crippen molar-refractivity contribution in [2.75, 3.05) is 12.0 Å². The minimum atomic E-state index is -1.13. The molecule has 29 heavy (non-hydrogen) atoms. The van der Waals surface area contributed by atoms with Gasteiger partial charge in [-0.1, -0.05) is 41.9 Å². The maximum atomic E-state index is 12.8. The number of benzene rings is 2. The highest BCUT2D eigenvalue weighted by atomic mass is 35.5. The molecule has 0 aliphatic rings. The van der Waals surface area contributed by atoms with E-state index < -0.39 is 23.8 Å². The van der Waals surface area contributed by atoms with Gasteiger partial charge in [0.25, 0.3) is 11.8 Å². The van der Waals surface area contributed by atoms with Crippen LogP contribution >= 0.6 is 23.4 Å². The second kappa shape index (κ2) is 11.3. The molecule has 2 aromatic rings.